The summed E-state index contributed by atoms with van der Waals surface area (Å²) in [6.07, 6.45) is 0. The van der Waals surface area contributed by atoms with Gasteiger partial charge in [-0.3, -0.25) is 5.41 Å². The first kappa shape index (κ1) is 10.1. The lowest BCUT2D eigenvalue weighted by Gasteiger charge is -2.08. The van der Waals surface area contributed by atoms with Gasteiger partial charge in [0.05, 0.1) is 5.25 Å². The standard InChI is InChI=1S/C10H14N2S/c1-7-4-3-5-9(6-7)13-8(2)10(11)12/h3-6,8H,1-2H3,(H3,11,12). The maximum absolute atomic E-state index is 7.26. The van der Waals surface area contributed by atoms with Gasteiger partial charge in [0.2, 0.25) is 0 Å². The van der Waals surface area contributed by atoms with E-state index in [1.807, 2.05) is 19.1 Å². The van der Waals surface area contributed by atoms with Gasteiger partial charge in [-0.1, -0.05) is 17.7 Å². The van der Waals surface area contributed by atoms with E-state index in [2.05, 4.69) is 19.1 Å². The summed E-state index contributed by atoms with van der Waals surface area (Å²) in [6, 6.07) is 8.22. The van der Waals surface area contributed by atoms with Crippen LogP contribution in [0.25, 0.3) is 0 Å². The molecule has 0 saturated carbocycles. The molecule has 70 valence electrons. The predicted octanol–water partition coefficient (Wildman–Crippen LogP) is 2.41. The Bertz CT molecular complexity index is 310. The molecule has 0 aliphatic heterocycles. The van der Waals surface area contributed by atoms with Crippen molar-refractivity contribution < 1.29 is 0 Å². The summed E-state index contributed by atoms with van der Waals surface area (Å²) in [7, 11) is 0. The molecule has 0 fully saturated rings. The van der Waals surface area contributed by atoms with Gasteiger partial charge in [0, 0.05) is 4.90 Å². The van der Waals surface area contributed by atoms with E-state index in [9.17, 15) is 0 Å². The minimum atomic E-state index is 0.0572. The van der Waals surface area contributed by atoms with E-state index >= 15 is 0 Å². The second-order valence-corrected chi connectivity index (χ2v) is 4.45. The van der Waals surface area contributed by atoms with Gasteiger partial charge >= 0.3 is 0 Å². The Labute approximate surface area is 83.0 Å². The highest BCUT2D eigenvalue weighted by Crippen LogP contribution is 2.23. The fourth-order valence-corrected chi connectivity index (χ4v) is 1.90. The van der Waals surface area contributed by atoms with Crippen molar-refractivity contribution in [2.75, 3.05) is 0 Å². The van der Waals surface area contributed by atoms with Gasteiger partial charge in [-0.05, 0) is 26.0 Å². The molecule has 3 heteroatoms. The van der Waals surface area contributed by atoms with Gasteiger partial charge < -0.3 is 5.73 Å². The number of benzene rings is 1. The molecule has 0 aliphatic carbocycles. The molecule has 13 heavy (non-hydrogen) atoms. The highest BCUT2D eigenvalue weighted by molar-refractivity contribution is 8.00. The van der Waals surface area contributed by atoms with Crippen molar-refractivity contribution in [3.8, 4) is 0 Å². The molecule has 0 aromatic heterocycles. The van der Waals surface area contributed by atoms with E-state index in [-0.39, 0.29) is 11.1 Å². The van der Waals surface area contributed by atoms with E-state index in [1.54, 1.807) is 11.8 Å². The molecule has 0 aliphatic rings. The van der Waals surface area contributed by atoms with Gasteiger partial charge in [0.15, 0.2) is 0 Å². The van der Waals surface area contributed by atoms with Crippen LogP contribution in [0.1, 0.15) is 12.5 Å². The van der Waals surface area contributed by atoms with Crippen LogP contribution < -0.4 is 5.73 Å². The molecule has 0 heterocycles. The van der Waals surface area contributed by atoms with Crippen molar-refractivity contribution in [1.82, 2.24) is 0 Å². The van der Waals surface area contributed by atoms with E-state index in [0.717, 1.165) is 0 Å². The molecule has 0 saturated heterocycles. The summed E-state index contributed by atoms with van der Waals surface area (Å²) >= 11 is 1.62. The highest BCUT2D eigenvalue weighted by Gasteiger charge is 2.06. The van der Waals surface area contributed by atoms with Crippen LogP contribution in [0.15, 0.2) is 29.2 Å². The SMILES string of the molecule is Cc1cccc(SC(C)C(=N)N)c1. The first-order chi connectivity index (χ1) is 6.09. The maximum Gasteiger partial charge on any atom is 0.104 e. The van der Waals surface area contributed by atoms with Crippen LogP contribution in [0.5, 0.6) is 0 Å². The monoisotopic (exact) mass is 194 g/mol. The van der Waals surface area contributed by atoms with Gasteiger partial charge in [0.25, 0.3) is 0 Å². The lowest BCUT2D eigenvalue weighted by Crippen LogP contribution is -2.21. The second kappa shape index (κ2) is 4.33. The third-order valence-corrected chi connectivity index (χ3v) is 2.87. The molecule has 0 spiro atoms. The third-order valence-electron chi connectivity index (χ3n) is 1.74. The van der Waals surface area contributed by atoms with E-state index < -0.39 is 0 Å². The van der Waals surface area contributed by atoms with Crippen molar-refractivity contribution >= 4 is 17.6 Å². The van der Waals surface area contributed by atoms with Crippen LogP contribution >= 0.6 is 11.8 Å². The van der Waals surface area contributed by atoms with Gasteiger partial charge in [0.1, 0.15) is 5.84 Å². The number of nitrogens with two attached hydrogens (primary N) is 1. The van der Waals surface area contributed by atoms with Crippen LogP contribution in [0, 0.1) is 12.3 Å². The number of thioether (sulfide) groups is 1. The average molecular weight is 194 g/mol. The van der Waals surface area contributed by atoms with Crippen molar-refractivity contribution in [3.05, 3.63) is 29.8 Å². The molecule has 0 radical (unpaired) electrons. The molecule has 1 rings (SSSR count). The molecule has 3 N–H and O–H groups in total. The number of amidine groups is 1. The van der Waals surface area contributed by atoms with Crippen LogP contribution in [0.3, 0.4) is 0 Å². The minimum absolute atomic E-state index is 0.0572. The zero-order valence-electron chi connectivity index (χ0n) is 7.87. The Hall–Kier alpha value is -0.960. The van der Waals surface area contributed by atoms with Crippen LogP contribution in [-0.4, -0.2) is 11.1 Å². The number of nitrogens with one attached hydrogen (secondary N) is 1. The number of hydrogen-bond acceptors (Lipinski definition) is 2. The Morgan fingerprint density at radius 1 is 1.54 bits per heavy atom. The summed E-state index contributed by atoms with van der Waals surface area (Å²) in [4.78, 5) is 1.17. The van der Waals surface area contributed by atoms with Crippen molar-refractivity contribution in [2.24, 2.45) is 5.73 Å². The summed E-state index contributed by atoms with van der Waals surface area (Å²) in [5.74, 6) is 0.228. The molecule has 1 aromatic rings. The molecule has 1 unspecified atom stereocenters. The lowest BCUT2D eigenvalue weighted by atomic mass is 10.2. The van der Waals surface area contributed by atoms with Crippen molar-refractivity contribution in [2.45, 2.75) is 24.0 Å². The molecular weight excluding hydrogens is 180 g/mol. The predicted molar refractivity (Wildman–Crippen MR) is 58.4 cm³/mol. The quantitative estimate of drug-likeness (QED) is 0.441. The summed E-state index contributed by atoms with van der Waals surface area (Å²) in [5, 5.41) is 7.32. The minimum Gasteiger partial charge on any atom is -0.387 e. The first-order valence-corrected chi connectivity index (χ1v) is 5.05. The Morgan fingerprint density at radius 3 is 2.77 bits per heavy atom. The zero-order valence-corrected chi connectivity index (χ0v) is 8.69. The van der Waals surface area contributed by atoms with Gasteiger partial charge in [-0.2, -0.15) is 0 Å². The average Bonchev–Trinajstić information content (AvgIpc) is 2.04. The number of hydrogen-bond donors (Lipinski definition) is 2. The number of rotatable bonds is 3. The molecular formula is C10H14N2S. The van der Waals surface area contributed by atoms with E-state index in [1.165, 1.54) is 10.5 Å². The Morgan fingerprint density at radius 2 is 2.23 bits per heavy atom. The maximum atomic E-state index is 7.26. The Kier molecular flexibility index (Phi) is 3.37. The second-order valence-electron chi connectivity index (χ2n) is 3.03. The van der Waals surface area contributed by atoms with Gasteiger partial charge in [-0.15, -0.1) is 11.8 Å². The van der Waals surface area contributed by atoms with Crippen LogP contribution in [0.4, 0.5) is 0 Å². The van der Waals surface area contributed by atoms with Crippen molar-refractivity contribution in [1.29, 1.82) is 5.41 Å². The van der Waals surface area contributed by atoms with Crippen LogP contribution in [-0.2, 0) is 0 Å². The molecule has 0 bridgehead atoms. The molecule has 0 amide bonds. The fourth-order valence-electron chi connectivity index (χ4n) is 0.956. The zero-order chi connectivity index (χ0) is 9.84. The first-order valence-electron chi connectivity index (χ1n) is 4.17. The van der Waals surface area contributed by atoms with Gasteiger partial charge in [-0.25, -0.2) is 0 Å². The molecule has 1 atom stereocenters. The normalized spacial score (nSPS) is 12.5. The largest absolute Gasteiger partial charge is 0.387 e. The topological polar surface area (TPSA) is 49.9 Å². The summed E-state index contributed by atoms with van der Waals surface area (Å²) in [5.41, 5.74) is 6.62. The van der Waals surface area contributed by atoms with Crippen molar-refractivity contribution in [3.63, 3.8) is 0 Å². The van der Waals surface area contributed by atoms with E-state index in [0.29, 0.717) is 0 Å². The highest BCUT2D eigenvalue weighted by atomic mass is 32.2. The summed E-state index contributed by atoms with van der Waals surface area (Å²) in [6.45, 7) is 4.00. The fraction of sp³-hybridized carbons (Fsp3) is 0.300. The van der Waals surface area contributed by atoms with E-state index in [4.69, 9.17) is 11.1 Å². The smallest absolute Gasteiger partial charge is 0.104 e. The van der Waals surface area contributed by atoms with Crippen LogP contribution in [0.2, 0.25) is 0 Å². The third kappa shape index (κ3) is 3.11. The Balaban J connectivity index is 2.69. The summed E-state index contributed by atoms with van der Waals surface area (Å²) < 4.78 is 0. The molecule has 1 aromatic carbocycles. The lowest BCUT2D eigenvalue weighted by molar-refractivity contribution is 1.22. The molecule has 2 nitrogen and oxygen atoms in total. The number of aryl methyl sites for hydroxylation is 1.